The molecule has 1 atom stereocenters. The summed E-state index contributed by atoms with van der Waals surface area (Å²) in [6.07, 6.45) is 16.8. The molecule has 0 amide bonds. The number of hydrogen-bond acceptors (Lipinski definition) is 11. The summed E-state index contributed by atoms with van der Waals surface area (Å²) in [5, 5.41) is 7.50. The van der Waals surface area contributed by atoms with Crippen molar-refractivity contribution in [1.82, 2.24) is 34.5 Å². The van der Waals surface area contributed by atoms with Crippen molar-refractivity contribution in [1.29, 1.82) is 0 Å². The molecule has 2 spiro atoms. The Morgan fingerprint density at radius 1 is 0.868 bits per heavy atom. The fraction of sp³-hybridized carbons (Fsp3) is 0.556. The molecule has 12 nitrogen and oxygen atoms in total. The van der Waals surface area contributed by atoms with Crippen molar-refractivity contribution in [2.45, 2.75) is 102 Å². The maximum Gasteiger partial charge on any atom is 0.319 e. The number of ether oxygens (including phenoxy) is 4. The van der Waals surface area contributed by atoms with Crippen molar-refractivity contribution in [3.8, 4) is 23.0 Å². The lowest BCUT2D eigenvalue weighted by atomic mass is 9.59. The van der Waals surface area contributed by atoms with E-state index in [1.54, 1.807) is 25.4 Å². The minimum Gasteiger partial charge on any atom is -0.468 e. The molecule has 4 aliphatic heterocycles. The first kappa shape index (κ1) is 44.2. The third-order valence-corrected chi connectivity index (χ3v) is 17.1. The van der Waals surface area contributed by atoms with Gasteiger partial charge in [-0.3, -0.25) is 9.67 Å². The van der Waals surface area contributed by atoms with E-state index in [1.807, 2.05) is 30.9 Å². The number of anilines is 1. The van der Waals surface area contributed by atoms with E-state index in [1.165, 1.54) is 74.1 Å². The van der Waals surface area contributed by atoms with Crippen molar-refractivity contribution < 1.29 is 27.7 Å². The Morgan fingerprint density at radius 3 is 2.43 bits per heavy atom. The predicted octanol–water partition coefficient (Wildman–Crippen LogP) is 9.60. The van der Waals surface area contributed by atoms with Gasteiger partial charge in [-0.1, -0.05) is 25.1 Å². The third-order valence-electron chi connectivity index (χ3n) is 17.1. The number of pyridine rings is 1. The van der Waals surface area contributed by atoms with Gasteiger partial charge < -0.3 is 33.6 Å². The van der Waals surface area contributed by atoms with E-state index >= 15 is 8.78 Å². The molecule has 2 aliphatic carbocycles. The molecule has 0 N–H and O–H groups in total. The number of hydrogen-bond donors (Lipinski definition) is 0. The number of fused-ring (bicyclic) bond motifs is 3. The monoisotopic (exact) mass is 927 g/mol. The summed E-state index contributed by atoms with van der Waals surface area (Å²) >= 11 is 0. The van der Waals surface area contributed by atoms with Crippen molar-refractivity contribution >= 4 is 38.4 Å². The molecule has 6 aromatic rings. The molecule has 0 radical (unpaired) electrons. The highest BCUT2D eigenvalue weighted by Crippen LogP contribution is 2.53. The van der Waals surface area contributed by atoms with E-state index in [4.69, 9.17) is 33.9 Å². The van der Waals surface area contributed by atoms with E-state index < -0.39 is 5.82 Å². The molecule has 68 heavy (non-hydrogen) atoms. The Balaban J connectivity index is 0.739. The average molecular weight is 927 g/mol. The second-order valence-electron chi connectivity index (χ2n) is 21.3. The maximum absolute atomic E-state index is 17.5. The van der Waals surface area contributed by atoms with Crippen molar-refractivity contribution in [3.05, 3.63) is 77.6 Å². The highest BCUT2D eigenvalue weighted by Gasteiger charge is 2.51. The van der Waals surface area contributed by atoms with Crippen molar-refractivity contribution in [3.63, 3.8) is 0 Å². The molecular weight excluding hydrogens is 863 g/mol. The smallest absolute Gasteiger partial charge is 0.319 e. The average Bonchev–Trinajstić information content (AvgIpc) is 4.02. The van der Waals surface area contributed by atoms with Gasteiger partial charge in [0.1, 0.15) is 28.6 Å². The lowest BCUT2D eigenvalue weighted by Crippen LogP contribution is -2.56. The molecule has 358 valence electrons. The van der Waals surface area contributed by atoms with E-state index in [-0.39, 0.29) is 40.8 Å². The predicted molar refractivity (Wildman–Crippen MR) is 259 cm³/mol. The zero-order chi connectivity index (χ0) is 46.2. The normalized spacial score (nSPS) is 23.2. The van der Waals surface area contributed by atoms with Crippen LogP contribution < -0.4 is 14.4 Å². The van der Waals surface area contributed by atoms with Gasteiger partial charge in [0.15, 0.2) is 12.6 Å². The summed E-state index contributed by atoms with van der Waals surface area (Å²) < 4.78 is 58.7. The van der Waals surface area contributed by atoms with E-state index in [9.17, 15) is 0 Å². The first-order chi connectivity index (χ1) is 33.1. The van der Waals surface area contributed by atoms with Crippen LogP contribution in [0, 0.1) is 22.5 Å². The number of aryl methyl sites for hydroxylation is 2. The molecular formula is C54H64F2N8O4. The van der Waals surface area contributed by atoms with Crippen LogP contribution in [0.1, 0.15) is 94.6 Å². The fourth-order valence-corrected chi connectivity index (χ4v) is 12.8. The number of methoxy groups -OCH3 is 1. The second-order valence-corrected chi connectivity index (χ2v) is 21.3. The Bertz CT molecular complexity index is 2860. The molecule has 4 saturated heterocycles. The molecule has 0 unspecified atom stereocenters. The Morgan fingerprint density at radius 2 is 1.68 bits per heavy atom. The van der Waals surface area contributed by atoms with E-state index in [2.05, 4.69) is 38.0 Å². The second kappa shape index (κ2) is 17.4. The quantitative estimate of drug-likeness (QED) is 0.104. The molecule has 3 aromatic carbocycles. The number of halogens is 2. The lowest BCUT2D eigenvalue weighted by molar-refractivity contribution is -0.151. The molecule has 0 bridgehead atoms. The van der Waals surface area contributed by atoms with Crippen LogP contribution in [0.2, 0.25) is 0 Å². The minimum atomic E-state index is -0.607. The summed E-state index contributed by atoms with van der Waals surface area (Å²) in [6, 6.07) is 14.5. The highest BCUT2D eigenvalue weighted by molar-refractivity contribution is 6.02. The number of nitrogens with zero attached hydrogens (tertiary/aromatic N) is 8. The number of likely N-dealkylation sites (tertiary alicyclic amines) is 2. The molecule has 3 aromatic heterocycles. The number of piperidine rings is 3. The molecule has 12 rings (SSSR count). The van der Waals surface area contributed by atoms with Gasteiger partial charge in [0.05, 0.1) is 35.9 Å². The third kappa shape index (κ3) is 8.06. The Labute approximate surface area is 397 Å². The first-order valence-electron chi connectivity index (χ1n) is 25.3. The summed E-state index contributed by atoms with van der Waals surface area (Å²) in [5.74, 6) is 0.750. The zero-order valence-electron chi connectivity index (χ0n) is 39.9. The Hall–Kier alpha value is -5.02. The SMILES string of the molecule is CCc1c(F)ccc2cc(OCOC)cc(-c3ncc4c(N5CCC[C@]6(CCO6)C5)nc(OCC5(CN6CCC7(CC6)CC(N6CCC(c8ccc9cnn(C)c9c8)CC6)C7)CC5)nc4c3F)c12. The minimum absolute atomic E-state index is 0.00575. The summed E-state index contributed by atoms with van der Waals surface area (Å²) in [5.41, 5.74) is 4.10. The van der Waals surface area contributed by atoms with Gasteiger partial charge in [0.25, 0.3) is 0 Å². The van der Waals surface area contributed by atoms with Crippen molar-refractivity contribution in [2.75, 3.05) is 77.8 Å². The number of rotatable bonds is 13. The summed E-state index contributed by atoms with van der Waals surface area (Å²) in [6.45, 7) is 10.2. The fourth-order valence-electron chi connectivity index (χ4n) is 12.8. The van der Waals surface area contributed by atoms with Gasteiger partial charge >= 0.3 is 6.01 Å². The van der Waals surface area contributed by atoms with Crippen LogP contribution in [-0.4, -0.2) is 119 Å². The van der Waals surface area contributed by atoms with E-state index in [0.717, 1.165) is 76.3 Å². The topological polar surface area (TPSA) is 103 Å². The maximum atomic E-state index is 17.5. The van der Waals surface area contributed by atoms with Gasteiger partial charge in [-0.05, 0) is 154 Å². The van der Waals surface area contributed by atoms with Crippen LogP contribution in [0.3, 0.4) is 0 Å². The first-order valence-corrected chi connectivity index (χ1v) is 25.3. The van der Waals surface area contributed by atoms with Crippen molar-refractivity contribution in [2.24, 2.45) is 17.9 Å². The molecule has 2 saturated carbocycles. The standard InChI is InChI=1S/C54H64F2N8O4/c1-4-41-44(55)9-8-37-24-40(67-34-65-3)26-42(46(37)41)48-47(56)49-43(30-57-48)50(64-18-5-12-54(32-64)17-23-68-54)60-51(59-49)66-33-53(13-14-53)31-62-21-15-52(16-22-62)27-39(28-52)63-19-10-35(11-20-63)36-6-7-38-29-58-61(2)45(38)25-36/h6-9,24-26,29-30,35,39H,4-5,10-23,27-28,31-34H2,1-3H3/t54-/m0/s1. The number of aromatic nitrogens is 5. The molecule has 7 heterocycles. The molecule has 6 aliphatic rings. The Kier molecular flexibility index (Phi) is 11.3. The van der Waals surface area contributed by atoms with Crippen LogP contribution in [0.25, 0.3) is 43.8 Å². The highest BCUT2D eigenvalue weighted by atomic mass is 19.1. The zero-order valence-corrected chi connectivity index (χ0v) is 39.9. The van der Waals surface area contributed by atoms with Gasteiger partial charge in [-0.15, -0.1) is 0 Å². The van der Waals surface area contributed by atoms with Crippen LogP contribution in [-0.2, 0) is 22.9 Å². The lowest BCUT2D eigenvalue weighted by Gasteiger charge is -2.56. The van der Waals surface area contributed by atoms with Gasteiger partial charge in [-0.25, -0.2) is 8.78 Å². The van der Waals surface area contributed by atoms with Gasteiger partial charge in [0.2, 0.25) is 0 Å². The van der Waals surface area contributed by atoms with Gasteiger partial charge in [-0.2, -0.15) is 15.1 Å². The van der Waals surface area contributed by atoms with Crippen LogP contribution in [0.4, 0.5) is 14.6 Å². The molecule has 14 heteroatoms. The summed E-state index contributed by atoms with van der Waals surface area (Å²) in [7, 11) is 3.58. The summed E-state index contributed by atoms with van der Waals surface area (Å²) in [4.78, 5) is 22.3. The van der Waals surface area contributed by atoms with Crippen LogP contribution in [0.15, 0.2) is 54.9 Å². The number of benzene rings is 3. The van der Waals surface area contributed by atoms with Crippen LogP contribution in [0.5, 0.6) is 11.8 Å². The molecule has 6 fully saturated rings. The van der Waals surface area contributed by atoms with Crippen LogP contribution >= 0.6 is 0 Å². The largest absolute Gasteiger partial charge is 0.468 e. The van der Waals surface area contributed by atoms with Gasteiger partial charge in [0, 0.05) is 68.8 Å². The van der Waals surface area contributed by atoms with E-state index in [0.29, 0.717) is 64.4 Å².